The second-order valence-electron chi connectivity index (χ2n) is 3.50. The van der Waals surface area contributed by atoms with Crippen molar-refractivity contribution in [1.82, 2.24) is 4.98 Å². The molecule has 0 radical (unpaired) electrons. The summed E-state index contributed by atoms with van der Waals surface area (Å²) >= 11 is 0. The van der Waals surface area contributed by atoms with Gasteiger partial charge in [-0.25, -0.2) is 0 Å². The van der Waals surface area contributed by atoms with Crippen molar-refractivity contribution >= 4 is 5.69 Å². The molecule has 2 aromatic rings. The number of ether oxygens (including phenoxy) is 1. The standard InChI is InChI=1S/C13H16N2O/c1-2-16-13-6-4-3-5-12(13)15-10-11-7-8-14-9-11/h3-9,14-15H,2,10H2,1H3. The van der Waals surface area contributed by atoms with Crippen LogP contribution >= 0.6 is 0 Å². The number of para-hydroxylation sites is 2. The van der Waals surface area contributed by atoms with Gasteiger partial charge in [-0.05, 0) is 30.7 Å². The Morgan fingerprint density at radius 3 is 2.88 bits per heavy atom. The largest absolute Gasteiger partial charge is 0.492 e. The minimum absolute atomic E-state index is 0.683. The zero-order valence-corrected chi connectivity index (χ0v) is 9.36. The molecule has 0 aliphatic rings. The molecule has 84 valence electrons. The van der Waals surface area contributed by atoms with E-state index in [1.165, 1.54) is 5.56 Å². The van der Waals surface area contributed by atoms with Crippen LogP contribution in [0.15, 0.2) is 42.7 Å². The predicted octanol–water partition coefficient (Wildman–Crippen LogP) is 3.03. The molecule has 3 nitrogen and oxygen atoms in total. The predicted molar refractivity (Wildman–Crippen MR) is 65.7 cm³/mol. The molecule has 1 aromatic carbocycles. The van der Waals surface area contributed by atoms with Crippen LogP contribution in [0.25, 0.3) is 0 Å². The molecule has 0 saturated heterocycles. The van der Waals surface area contributed by atoms with E-state index in [9.17, 15) is 0 Å². The minimum Gasteiger partial charge on any atom is -0.492 e. The molecule has 0 bridgehead atoms. The number of hydrogen-bond acceptors (Lipinski definition) is 2. The molecule has 0 atom stereocenters. The van der Waals surface area contributed by atoms with Gasteiger partial charge in [0.05, 0.1) is 12.3 Å². The normalized spacial score (nSPS) is 10.1. The molecular formula is C13H16N2O. The minimum atomic E-state index is 0.683. The van der Waals surface area contributed by atoms with Crippen molar-refractivity contribution in [3.05, 3.63) is 48.3 Å². The average Bonchev–Trinajstić information content (AvgIpc) is 2.81. The third-order valence-corrected chi connectivity index (χ3v) is 2.33. The quantitative estimate of drug-likeness (QED) is 0.806. The van der Waals surface area contributed by atoms with Crippen LogP contribution in [0.2, 0.25) is 0 Å². The third kappa shape index (κ3) is 2.57. The summed E-state index contributed by atoms with van der Waals surface area (Å²) in [6.07, 6.45) is 3.90. The fourth-order valence-electron chi connectivity index (χ4n) is 1.56. The van der Waals surface area contributed by atoms with Gasteiger partial charge in [0.1, 0.15) is 5.75 Å². The Balaban J connectivity index is 2.03. The lowest BCUT2D eigenvalue weighted by Crippen LogP contribution is -2.01. The van der Waals surface area contributed by atoms with Crippen LogP contribution in [0.3, 0.4) is 0 Å². The summed E-state index contributed by atoms with van der Waals surface area (Å²) in [6.45, 7) is 3.47. The van der Waals surface area contributed by atoms with Gasteiger partial charge in [0.2, 0.25) is 0 Å². The highest BCUT2D eigenvalue weighted by atomic mass is 16.5. The van der Waals surface area contributed by atoms with E-state index in [-0.39, 0.29) is 0 Å². The highest BCUT2D eigenvalue weighted by Gasteiger charge is 2.01. The Morgan fingerprint density at radius 1 is 1.25 bits per heavy atom. The molecule has 2 rings (SSSR count). The molecule has 0 fully saturated rings. The maximum absolute atomic E-state index is 5.54. The first-order valence-electron chi connectivity index (χ1n) is 5.47. The molecule has 0 unspecified atom stereocenters. The highest BCUT2D eigenvalue weighted by Crippen LogP contribution is 2.24. The monoisotopic (exact) mass is 216 g/mol. The molecule has 2 N–H and O–H groups in total. The topological polar surface area (TPSA) is 37.0 Å². The number of anilines is 1. The van der Waals surface area contributed by atoms with Gasteiger partial charge in [-0.2, -0.15) is 0 Å². The van der Waals surface area contributed by atoms with Crippen molar-refractivity contribution in [2.45, 2.75) is 13.5 Å². The summed E-state index contributed by atoms with van der Waals surface area (Å²) in [4.78, 5) is 3.03. The van der Waals surface area contributed by atoms with Gasteiger partial charge < -0.3 is 15.0 Å². The first-order chi connectivity index (χ1) is 7.90. The number of H-pyrrole nitrogens is 1. The summed E-state index contributed by atoms with van der Waals surface area (Å²) < 4.78 is 5.54. The van der Waals surface area contributed by atoms with E-state index in [1.54, 1.807) is 0 Å². The van der Waals surface area contributed by atoms with E-state index < -0.39 is 0 Å². The molecule has 0 amide bonds. The first kappa shape index (κ1) is 10.6. The Labute approximate surface area is 95.5 Å². The highest BCUT2D eigenvalue weighted by molar-refractivity contribution is 5.56. The lowest BCUT2D eigenvalue weighted by Gasteiger charge is -2.11. The van der Waals surface area contributed by atoms with Crippen molar-refractivity contribution in [2.75, 3.05) is 11.9 Å². The lowest BCUT2D eigenvalue weighted by atomic mass is 10.2. The van der Waals surface area contributed by atoms with Gasteiger partial charge in [0.15, 0.2) is 0 Å². The SMILES string of the molecule is CCOc1ccccc1NCc1cc[nH]c1. The van der Waals surface area contributed by atoms with Crippen molar-refractivity contribution in [3.8, 4) is 5.75 Å². The Bertz CT molecular complexity index is 423. The van der Waals surface area contributed by atoms with Crippen LogP contribution < -0.4 is 10.1 Å². The van der Waals surface area contributed by atoms with Gasteiger partial charge in [-0.3, -0.25) is 0 Å². The summed E-state index contributed by atoms with van der Waals surface area (Å²) in [6, 6.07) is 10.0. The van der Waals surface area contributed by atoms with Crippen LogP contribution in [0.5, 0.6) is 5.75 Å². The van der Waals surface area contributed by atoms with Crippen molar-refractivity contribution < 1.29 is 4.74 Å². The fourth-order valence-corrected chi connectivity index (χ4v) is 1.56. The number of aromatic nitrogens is 1. The van der Waals surface area contributed by atoms with Gasteiger partial charge in [-0.15, -0.1) is 0 Å². The molecule has 3 heteroatoms. The molecule has 1 heterocycles. The van der Waals surface area contributed by atoms with Crippen molar-refractivity contribution in [2.24, 2.45) is 0 Å². The molecular weight excluding hydrogens is 200 g/mol. The number of hydrogen-bond donors (Lipinski definition) is 2. The number of aromatic amines is 1. The van der Waals surface area contributed by atoms with Crippen molar-refractivity contribution in [3.63, 3.8) is 0 Å². The van der Waals surface area contributed by atoms with Crippen molar-refractivity contribution in [1.29, 1.82) is 0 Å². The Hall–Kier alpha value is -1.90. The van der Waals surface area contributed by atoms with Crippen LogP contribution in [0.1, 0.15) is 12.5 Å². The fraction of sp³-hybridized carbons (Fsp3) is 0.231. The van der Waals surface area contributed by atoms with Gasteiger partial charge in [-0.1, -0.05) is 12.1 Å². The second kappa shape index (κ2) is 5.26. The number of rotatable bonds is 5. The second-order valence-corrected chi connectivity index (χ2v) is 3.50. The van der Waals surface area contributed by atoms with Gasteiger partial charge in [0, 0.05) is 18.9 Å². The lowest BCUT2D eigenvalue weighted by molar-refractivity contribution is 0.341. The van der Waals surface area contributed by atoms with E-state index in [4.69, 9.17) is 4.74 Å². The van der Waals surface area contributed by atoms with Crippen LogP contribution in [0.4, 0.5) is 5.69 Å². The van der Waals surface area contributed by atoms with E-state index in [0.717, 1.165) is 18.0 Å². The first-order valence-corrected chi connectivity index (χ1v) is 5.47. The summed E-state index contributed by atoms with van der Waals surface area (Å²) in [5.41, 5.74) is 2.26. The third-order valence-electron chi connectivity index (χ3n) is 2.33. The van der Waals surface area contributed by atoms with E-state index in [2.05, 4.69) is 16.4 Å². The maximum atomic E-state index is 5.54. The van der Waals surface area contributed by atoms with E-state index in [0.29, 0.717) is 6.61 Å². The summed E-state index contributed by atoms with van der Waals surface area (Å²) in [7, 11) is 0. The Morgan fingerprint density at radius 2 is 2.12 bits per heavy atom. The molecule has 0 spiro atoms. The average molecular weight is 216 g/mol. The van der Waals surface area contributed by atoms with Gasteiger partial charge >= 0.3 is 0 Å². The zero-order chi connectivity index (χ0) is 11.2. The molecule has 0 aliphatic heterocycles. The summed E-state index contributed by atoms with van der Waals surface area (Å²) in [5, 5.41) is 3.36. The zero-order valence-electron chi connectivity index (χ0n) is 9.36. The van der Waals surface area contributed by atoms with Crippen LogP contribution in [-0.4, -0.2) is 11.6 Å². The summed E-state index contributed by atoms with van der Waals surface area (Å²) in [5.74, 6) is 0.903. The number of nitrogens with one attached hydrogen (secondary N) is 2. The number of benzene rings is 1. The molecule has 16 heavy (non-hydrogen) atoms. The van der Waals surface area contributed by atoms with E-state index in [1.807, 2.05) is 43.6 Å². The van der Waals surface area contributed by atoms with Gasteiger partial charge in [0.25, 0.3) is 0 Å². The molecule has 1 aromatic heterocycles. The van der Waals surface area contributed by atoms with Crippen LogP contribution in [-0.2, 0) is 6.54 Å². The molecule has 0 aliphatic carbocycles. The smallest absolute Gasteiger partial charge is 0.142 e. The van der Waals surface area contributed by atoms with Crippen LogP contribution in [0, 0.1) is 0 Å². The maximum Gasteiger partial charge on any atom is 0.142 e. The Kier molecular flexibility index (Phi) is 3.49. The van der Waals surface area contributed by atoms with E-state index >= 15 is 0 Å². The molecule has 0 saturated carbocycles.